The molecule has 0 aliphatic heterocycles. The molecule has 1 aromatic rings. The molecule has 0 saturated heterocycles. The van der Waals surface area contributed by atoms with Crippen molar-refractivity contribution in [1.82, 2.24) is 0 Å². The van der Waals surface area contributed by atoms with Crippen LogP contribution in [0.3, 0.4) is 0 Å². The molecular weight excluding hydrogens is 262 g/mol. The number of rotatable bonds is 7. The first-order valence-electron chi connectivity index (χ1n) is 6.28. The molecule has 4 heteroatoms. The smallest absolute Gasteiger partial charge is 0.162 e. The fourth-order valence-corrected chi connectivity index (χ4v) is 1.63. The second kappa shape index (κ2) is 9.55. The van der Waals surface area contributed by atoms with Crippen molar-refractivity contribution in [1.29, 1.82) is 0 Å². The van der Waals surface area contributed by atoms with Gasteiger partial charge in [0.05, 0.1) is 6.61 Å². The third-order valence-electron chi connectivity index (χ3n) is 2.64. The summed E-state index contributed by atoms with van der Waals surface area (Å²) >= 11 is 0. The summed E-state index contributed by atoms with van der Waals surface area (Å²) in [6, 6.07) is 6.05. The summed E-state index contributed by atoms with van der Waals surface area (Å²) in [6.45, 7) is 4.86. The summed E-state index contributed by atoms with van der Waals surface area (Å²) in [7, 11) is 0. The van der Waals surface area contributed by atoms with E-state index >= 15 is 0 Å². The maximum absolute atomic E-state index is 5.95. The van der Waals surface area contributed by atoms with Crippen molar-refractivity contribution in [2.45, 2.75) is 32.7 Å². The van der Waals surface area contributed by atoms with E-state index in [2.05, 4.69) is 12.8 Å². The highest BCUT2D eigenvalue weighted by molar-refractivity contribution is 5.85. The van der Waals surface area contributed by atoms with Crippen LogP contribution in [0.25, 0.3) is 0 Å². The normalized spacial score (nSPS) is 11.1. The van der Waals surface area contributed by atoms with E-state index in [4.69, 9.17) is 21.6 Å². The van der Waals surface area contributed by atoms with Crippen LogP contribution in [-0.2, 0) is 6.42 Å². The van der Waals surface area contributed by atoms with Gasteiger partial charge in [-0.15, -0.1) is 18.8 Å². The van der Waals surface area contributed by atoms with Gasteiger partial charge in [-0.25, -0.2) is 0 Å². The molecule has 0 aromatic heterocycles. The minimum absolute atomic E-state index is 0. The second-order valence-electron chi connectivity index (χ2n) is 4.08. The molecule has 2 N–H and O–H groups in total. The van der Waals surface area contributed by atoms with Crippen LogP contribution in [0.15, 0.2) is 18.2 Å². The Labute approximate surface area is 121 Å². The van der Waals surface area contributed by atoms with Crippen molar-refractivity contribution < 1.29 is 9.47 Å². The van der Waals surface area contributed by atoms with Crippen LogP contribution in [0.1, 0.15) is 25.8 Å². The van der Waals surface area contributed by atoms with E-state index in [1.54, 1.807) is 0 Å². The van der Waals surface area contributed by atoms with Gasteiger partial charge >= 0.3 is 0 Å². The first kappa shape index (κ1) is 17.6. The Bertz CT molecular complexity index is 415. The molecule has 0 heterocycles. The molecule has 106 valence electrons. The highest BCUT2D eigenvalue weighted by Crippen LogP contribution is 2.29. The predicted octanol–water partition coefficient (Wildman–Crippen LogP) is 2.80. The van der Waals surface area contributed by atoms with Gasteiger partial charge in [-0.2, -0.15) is 0 Å². The van der Waals surface area contributed by atoms with Crippen LogP contribution in [0, 0.1) is 12.3 Å². The summed E-state index contributed by atoms with van der Waals surface area (Å²) in [5, 5.41) is 0. The van der Waals surface area contributed by atoms with Crippen molar-refractivity contribution in [3.8, 4) is 23.8 Å². The van der Waals surface area contributed by atoms with Crippen molar-refractivity contribution in [2.75, 3.05) is 13.2 Å². The topological polar surface area (TPSA) is 44.5 Å². The van der Waals surface area contributed by atoms with Gasteiger partial charge in [-0.1, -0.05) is 18.9 Å². The van der Waals surface area contributed by atoms with Gasteiger partial charge in [0.1, 0.15) is 6.61 Å². The highest BCUT2D eigenvalue weighted by Gasteiger charge is 2.08. The van der Waals surface area contributed by atoms with Gasteiger partial charge < -0.3 is 15.2 Å². The summed E-state index contributed by atoms with van der Waals surface area (Å²) < 4.78 is 11.0. The maximum Gasteiger partial charge on any atom is 0.162 e. The third-order valence-corrected chi connectivity index (χ3v) is 2.64. The number of hydrogen-bond donors (Lipinski definition) is 1. The van der Waals surface area contributed by atoms with Crippen molar-refractivity contribution in [2.24, 2.45) is 5.73 Å². The highest BCUT2D eigenvalue weighted by atomic mass is 35.5. The van der Waals surface area contributed by atoms with Gasteiger partial charge in [-0.05, 0) is 37.5 Å². The molecule has 0 aliphatic rings. The number of halogens is 1. The van der Waals surface area contributed by atoms with Crippen molar-refractivity contribution >= 4 is 12.4 Å². The average molecular weight is 284 g/mol. The van der Waals surface area contributed by atoms with Gasteiger partial charge in [0.15, 0.2) is 11.5 Å². The minimum atomic E-state index is 0. The van der Waals surface area contributed by atoms with E-state index in [1.807, 2.05) is 25.1 Å². The quantitative estimate of drug-likeness (QED) is 0.783. The van der Waals surface area contributed by atoms with E-state index < -0.39 is 0 Å². The van der Waals surface area contributed by atoms with Crippen LogP contribution in [-0.4, -0.2) is 19.3 Å². The van der Waals surface area contributed by atoms with Gasteiger partial charge in [0.2, 0.25) is 0 Å². The molecule has 1 rings (SSSR count). The van der Waals surface area contributed by atoms with Gasteiger partial charge in [0, 0.05) is 6.04 Å². The Balaban J connectivity index is 0.00000324. The molecule has 19 heavy (non-hydrogen) atoms. The van der Waals surface area contributed by atoms with E-state index in [1.165, 1.54) is 0 Å². The maximum atomic E-state index is 5.95. The van der Waals surface area contributed by atoms with Crippen LogP contribution < -0.4 is 15.2 Å². The number of ether oxygens (including phenoxy) is 2. The Morgan fingerprint density at radius 1 is 1.26 bits per heavy atom. The first-order valence-corrected chi connectivity index (χ1v) is 6.28. The van der Waals surface area contributed by atoms with Crippen LogP contribution in [0.4, 0.5) is 0 Å². The molecule has 3 nitrogen and oxygen atoms in total. The Kier molecular flexibility index (Phi) is 8.86. The molecule has 0 aliphatic carbocycles. The predicted molar refractivity (Wildman–Crippen MR) is 81.2 cm³/mol. The lowest BCUT2D eigenvalue weighted by molar-refractivity contribution is 0.299. The van der Waals surface area contributed by atoms with Crippen molar-refractivity contribution in [3.63, 3.8) is 0 Å². The van der Waals surface area contributed by atoms with Gasteiger partial charge in [0.25, 0.3) is 0 Å². The lowest BCUT2D eigenvalue weighted by atomic mass is 10.0. The summed E-state index contributed by atoms with van der Waals surface area (Å²) in [6.07, 6.45) is 6.98. The zero-order valence-corrected chi connectivity index (χ0v) is 12.3. The zero-order valence-electron chi connectivity index (χ0n) is 11.5. The molecule has 0 fully saturated rings. The molecule has 1 atom stereocenters. The first-order chi connectivity index (χ1) is 8.71. The zero-order chi connectivity index (χ0) is 13.4. The molecule has 1 unspecified atom stereocenters. The third kappa shape index (κ3) is 5.87. The molecule has 0 spiro atoms. The summed E-state index contributed by atoms with van der Waals surface area (Å²) in [4.78, 5) is 0. The number of benzene rings is 1. The number of nitrogens with two attached hydrogens (primary N) is 1. The Morgan fingerprint density at radius 3 is 2.58 bits per heavy atom. The SMILES string of the molecule is C#CCOc1ccc(CC(N)CC)cc1OCC.Cl. The second-order valence-corrected chi connectivity index (χ2v) is 4.08. The Hall–Kier alpha value is -1.37. The standard InChI is InChI=1S/C15H21NO2.ClH/c1-4-9-18-14-8-7-12(10-13(16)5-2)11-15(14)17-6-3;/h1,7-8,11,13H,5-6,9-10,16H2,2-3H3;1H. The molecule has 0 saturated carbocycles. The summed E-state index contributed by atoms with van der Waals surface area (Å²) in [5.41, 5.74) is 7.10. The van der Waals surface area contributed by atoms with E-state index in [0.29, 0.717) is 12.4 Å². The summed E-state index contributed by atoms with van der Waals surface area (Å²) in [5.74, 6) is 3.86. The van der Waals surface area contributed by atoms with E-state index in [9.17, 15) is 0 Å². The molecule has 0 bridgehead atoms. The Morgan fingerprint density at radius 2 is 2.00 bits per heavy atom. The fraction of sp³-hybridized carbons (Fsp3) is 0.467. The number of hydrogen-bond acceptors (Lipinski definition) is 3. The molecule has 0 radical (unpaired) electrons. The number of terminal acetylenes is 1. The lowest BCUT2D eigenvalue weighted by Crippen LogP contribution is -2.21. The van der Waals surface area contributed by atoms with Crippen LogP contribution >= 0.6 is 12.4 Å². The van der Waals surface area contributed by atoms with E-state index in [-0.39, 0.29) is 25.1 Å². The average Bonchev–Trinajstić information content (AvgIpc) is 2.38. The van der Waals surface area contributed by atoms with E-state index in [0.717, 1.165) is 24.2 Å². The van der Waals surface area contributed by atoms with Crippen molar-refractivity contribution in [3.05, 3.63) is 23.8 Å². The lowest BCUT2D eigenvalue weighted by Gasteiger charge is -2.14. The molecule has 1 aromatic carbocycles. The fourth-order valence-electron chi connectivity index (χ4n) is 1.63. The molecule has 0 amide bonds. The van der Waals surface area contributed by atoms with Crippen LogP contribution in [0.5, 0.6) is 11.5 Å². The minimum Gasteiger partial charge on any atom is -0.490 e. The van der Waals surface area contributed by atoms with Crippen LogP contribution in [0.2, 0.25) is 0 Å². The monoisotopic (exact) mass is 283 g/mol. The largest absolute Gasteiger partial charge is 0.490 e. The van der Waals surface area contributed by atoms with Gasteiger partial charge in [-0.3, -0.25) is 0 Å². The molecular formula is C15H22ClNO2.